The Morgan fingerprint density at radius 3 is 2.54 bits per heavy atom. The fourth-order valence-electron chi connectivity index (χ4n) is 3.34. The first-order valence-corrected chi connectivity index (χ1v) is 10.3. The van der Waals surface area contributed by atoms with Gasteiger partial charge in [0.25, 0.3) is 5.91 Å². The van der Waals surface area contributed by atoms with Gasteiger partial charge in [-0.2, -0.15) is 0 Å². The lowest BCUT2D eigenvalue weighted by Gasteiger charge is -2.30. The third kappa shape index (κ3) is 5.58. The van der Waals surface area contributed by atoms with Crippen molar-refractivity contribution in [3.63, 3.8) is 0 Å². The zero-order valence-corrected chi connectivity index (χ0v) is 16.3. The minimum absolute atomic E-state index is 0.0558. The smallest absolute Gasteiger partial charge is 0.258 e. The number of nitrogens with zero attached hydrogens (tertiary/aromatic N) is 1. The van der Waals surface area contributed by atoms with Crippen molar-refractivity contribution in [3.05, 3.63) is 52.2 Å². The Balaban J connectivity index is 1.53. The third-order valence-corrected chi connectivity index (χ3v) is 5.81. The van der Waals surface area contributed by atoms with Gasteiger partial charge in [-0.05, 0) is 56.4 Å². The Morgan fingerprint density at radius 1 is 1.15 bits per heavy atom. The number of benzene rings is 1. The van der Waals surface area contributed by atoms with Crippen LogP contribution in [-0.2, 0) is 4.79 Å². The predicted octanol–water partition coefficient (Wildman–Crippen LogP) is 4.17. The Bertz CT molecular complexity index is 662. The molecule has 1 aromatic carbocycles. The lowest BCUT2D eigenvalue weighted by Crippen LogP contribution is -2.39. The van der Waals surface area contributed by atoms with Crippen LogP contribution >= 0.6 is 11.3 Å². The van der Waals surface area contributed by atoms with Crippen LogP contribution in [0.25, 0.3) is 0 Å². The molecule has 140 valence electrons. The van der Waals surface area contributed by atoms with E-state index in [2.05, 4.69) is 27.7 Å². The van der Waals surface area contributed by atoms with Gasteiger partial charge in [0.05, 0.1) is 6.04 Å². The largest absolute Gasteiger partial charge is 0.484 e. The van der Waals surface area contributed by atoms with E-state index in [1.54, 1.807) is 11.3 Å². The molecule has 1 aromatic heterocycles. The molecule has 26 heavy (non-hydrogen) atoms. The van der Waals surface area contributed by atoms with E-state index in [0.29, 0.717) is 6.54 Å². The maximum Gasteiger partial charge on any atom is 0.258 e. The van der Waals surface area contributed by atoms with Gasteiger partial charge in [0.1, 0.15) is 5.75 Å². The molecule has 0 aliphatic carbocycles. The standard InChI is InChI=1S/C21H28N2O2S/c1-17-8-10-18(11-9-17)25-16-21(24)22-15-19(20-7-6-14-26-20)23-12-4-2-3-5-13-23/h6-11,14,19H,2-5,12-13,15-16H2,1H3,(H,22,24)/t19-/m1/s1. The molecule has 5 heteroatoms. The zero-order chi connectivity index (χ0) is 18.2. The van der Waals surface area contributed by atoms with Gasteiger partial charge in [-0.3, -0.25) is 9.69 Å². The third-order valence-electron chi connectivity index (χ3n) is 4.84. The molecule has 1 aliphatic heterocycles. The van der Waals surface area contributed by atoms with Crippen molar-refractivity contribution in [1.82, 2.24) is 10.2 Å². The van der Waals surface area contributed by atoms with Gasteiger partial charge in [0, 0.05) is 11.4 Å². The molecule has 0 unspecified atom stereocenters. The topological polar surface area (TPSA) is 41.6 Å². The highest BCUT2D eigenvalue weighted by atomic mass is 32.1. The first kappa shape index (κ1) is 18.9. The highest BCUT2D eigenvalue weighted by molar-refractivity contribution is 7.10. The summed E-state index contributed by atoms with van der Waals surface area (Å²) in [5.74, 6) is 0.662. The quantitative estimate of drug-likeness (QED) is 0.793. The summed E-state index contributed by atoms with van der Waals surface area (Å²) in [5, 5.41) is 5.19. The lowest BCUT2D eigenvalue weighted by molar-refractivity contribution is -0.123. The second-order valence-corrected chi connectivity index (χ2v) is 7.87. The van der Waals surface area contributed by atoms with Crippen LogP contribution < -0.4 is 10.1 Å². The number of ether oxygens (including phenoxy) is 1. The van der Waals surface area contributed by atoms with Gasteiger partial charge in [0.15, 0.2) is 6.61 Å². The molecular formula is C21H28N2O2S. The van der Waals surface area contributed by atoms with Gasteiger partial charge < -0.3 is 10.1 Å². The summed E-state index contributed by atoms with van der Waals surface area (Å²) in [6, 6.07) is 12.3. The van der Waals surface area contributed by atoms with Crippen molar-refractivity contribution in [2.45, 2.75) is 38.6 Å². The summed E-state index contributed by atoms with van der Waals surface area (Å²) in [5.41, 5.74) is 1.18. The number of nitrogens with one attached hydrogen (secondary N) is 1. The predicted molar refractivity (Wildman–Crippen MR) is 107 cm³/mol. The number of carbonyl (C=O) groups is 1. The summed E-state index contributed by atoms with van der Waals surface area (Å²) >= 11 is 1.77. The van der Waals surface area contributed by atoms with Crippen molar-refractivity contribution in [2.75, 3.05) is 26.2 Å². The summed E-state index contributed by atoms with van der Waals surface area (Å²) in [7, 11) is 0. The molecule has 2 heterocycles. The molecule has 0 bridgehead atoms. The van der Waals surface area contributed by atoms with Crippen molar-refractivity contribution in [2.24, 2.45) is 0 Å². The summed E-state index contributed by atoms with van der Waals surface area (Å²) < 4.78 is 5.59. The molecule has 0 spiro atoms. The van der Waals surface area contributed by atoms with E-state index in [0.717, 1.165) is 18.8 Å². The second-order valence-electron chi connectivity index (χ2n) is 6.89. The molecule has 1 aliphatic rings. The molecule has 1 amide bonds. The average Bonchev–Trinajstić information content (AvgIpc) is 3.04. The maximum absolute atomic E-state index is 12.3. The SMILES string of the molecule is Cc1ccc(OCC(=O)NC[C@H](c2cccs2)N2CCCCCC2)cc1. The summed E-state index contributed by atoms with van der Waals surface area (Å²) in [6.07, 6.45) is 5.10. The van der Waals surface area contributed by atoms with Crippen molar-refractivity contribution < 1.29 is 9.53 Å². The van der Waals surface area contributed by atoms with Crippen LogP contribution in [0.1, 0.15) is 42.2 Å². The van der Waals surface area contributed by atoms with Crippen LogP contribution in [0.5, 0.6) is 5.75 Å². The zero-order valence-electron chi connectivity index (χ0n) is 15.4. The van der Waals surface area contributed by atoms with Crippen LogP contribution in [-0.4, -0.2) is 37.0 Å². The number of thiophene rings is 1. The van der Waals surface area contributed by atoms with Crippen LogP contribution in [0.3, 0.4) is 0 Å². The number of hydrogen-bond donors (Lipinski definition) is 1. The maximum atomic E-state index is 12.3. The lowest BCUT2D eigenvalue weighted by atomic mass is 10.2. The van der Waals surface area contributed by atoms with E-state index in [4.69, 9.17) is 4.74 Å². The van der Waals surface area contributed by atoms with E-state index < -0.39 is 0 Å². The summed E-state index contributed by atoms with van der Waals surface area (Å²) in [6.45, 7) is 4.94. The number of carbonyl (C=O) groups excluding carboxylic acids is 1. The fourth-order valence-corrected chi connectivity index (χ4v) is 4.20. The molecule has 3 rings (SSSR count). The summed E-state index contributed by atoms with van der Waals surface area (Å²) in [4.78, 5) is 16.1. The van der Waals surface area contributed by atoms with E-state index in [-0.39, 0.29) is 18.6 Å². The molecule has 1 fully saturated rings. The van der Waals surface area contributed by atoms with Crippen LogP contribution in [0.15, 0.2) is 41.8 Å². The fraction of sp³-hybridized carbons (Fsp3) is 0.476. The highest BCUT2D eigenvalue weighted by Gasteiger charge is 2.23. The van der Waals surface area contributed by atoms with Crippen molar-refractivity contribution >= 4 is 17.2 Å². The van der Waals surface area contributed by atoms with Gasteiger partial charge in [-0.1, -0.05) is 36.6 Å². The van der Waals surface area contributed by atoms with Crippen LogP contribution in [0, 0.1) is 6.92 Å². The van der Waals surface area contributed by atoms with E-state index in [1.807, 2.05) is 31.2 Å². The Kier molecular flexibility index (Phi) is 7.09. The van der Waals surface area contributed by atoms with Crippen LogP contribution in [0.4, 0.5) is 0 Å². The number of aryl methyl sites for hydroxylation is 1. The van der Waals surface area contributed by atoms with Gasteiger partial charge in [-0.15, -0.1) is 11.3 Å². The van der Waals surface area contributed by atoms with Crippen LogP contribution in [0.2, 0.25) is 0 Å². The Hall–Kier alpha value is -1.85. The molecule has 1 saturated heterocycles. The second kappa shape index (κ2) is 9.74. The Labute approximate surface area is 160 Å². The first-order chi connectivity index (χ1) is 12.7. The van der Waals surface area contributed by atoms with E-state index >= 15 is 0 Å². The molecule has 0 radical (unpaired) electrons. The molecular weight excluding hydrogens is 344 g/mol. The van der Waals surface area contributed by atoms with Gasteiger partial charge in [-0.25, -0.2) is 0 Å². The van der Waals surface area contributed by atoms with Crippen molar-refractivity contribution in [3.8, 4) is 5.75 Å². The minimum atomic E-state index is -0.0676. The monoisotopic (exact) mass is 372 g/mol. The normalized spacial score (nSPS) is 16.7. The highest BCUT2D eigenvalue weighted by Crippen LogP contribution is 2.27. The van der Waals surface area contributed by atoms with E-state index in [9.17, 15) is 4.79 Å². The van der Waals surface area contributed by atoms with Crippen molar-refractivity contribution in [1.29, 1.82) is 0 Å². The molecule has 0 saturated carbocycles. The number of likely N-dealkylation sites (tertiary alicyclic amines) is 1. The number of amides is 1. The first-order valence-electron chi connectivity index (χ1n) is 9.46. The molecule has 1 N–H and O–H groups in total. The minimum Gasteiger partial charge on any atom is -0.484 e. The van der Waals surface area contributed by atoms with Gasteiger partial charge >= 0.3 is 0 Å². The molecule has 4 nitrogen and oxygen atoms in total. The molecule has 2 aromatic rings. The number of hydrogen-bond acceptors (Lipinski definition) is 4. The number of rotatable bonds is 7. The molecule has 1 atom stereocenters. The Morgan fingerprint density at radius 2 is 1.88 bits per heavy atom. The van der Waals surface area contributed by atoms with E-state index in [1.165, 1.54) is 36.1 Å². The van der Waals surface area contributed by atoms with Gasteiger partial charge in [0.2, 0.25) is 0 Å². The average molecular weight is 373 g/mol.